The van der Waals surface area contributed by atoms with Crippen molar-refractivity contribution >= 4 is 35.2 Å². The van der Waals surface area contributed by atoms with Gasteiger partial charge in [-0.25, -0.2) is 14.2 Å². The Labute approximate surface area is 250 Å². The number of Topliss-reactive ketones (excluding diaryl/α,β-unsaturated/α-hetero) is 1. The quantitative estimate of drug-likeness (QED) is 0.378. The van der Waals surface area contributed by atoms with Crippen molar-refractivity contribution in [2.45, 2.75) is 51.2 Å². The lowest BCUT2D eigenvalue weighted by molar-refractivity contribution is -0.135. The minimum Gasteiger partial charge on any atom is -0.442 e. The maximum absolute atomic E-state index is 13.8. The summed E-state index contributed by atoms with van der Waals surface area (Å²) in [6, 6.07) is 10.9. The molecule has 2 aromatic rings. The molecule has 0 radical (unpaired) electrons. The summed E-state index contributed by atoms with van der Waals surface area (Å²) in [5.41, 5.74) is 1.58. The summed E-state index contributed by atoms with van der Waals surface area (Å²) in [5.74, 6) is 0.303. The van der Waals surface area contributed by atoms with Crippen LogP contribution in [0.25, 0.3) is 0 Å². The first-order chi connectivity index (χ1) is 20.2. The van der Waals surface area contributed by atoms with Crippen molar-refractivity contribution in [3.8, 4) is 0 Å². The molecule has 2 fully saturated rings. The van der Waals surface area contributed by atoms with Crippen LogP contribution in [0.1, 0.15) is 54.9 Å². The molecule has 3 heterocycles. The van der Waals surface area contributed by atoms with Crippen LogP contribution in [0.15, 0.2) is 66.6 Å². The van der Waals surface area contributed by atoms with Gasteiger partial charge < -0.3 is 19.4 Å². The highest BCUT2D eigenvalue weighted by atomic mass is 35.5. The average molecular weight is 595 g/mol. The zero-order valence-corrected chi connectivity index (χ0v) is 24.7. The third-order valence-corrected chi connectivity index (χ3v) is 8.72. The first kappa shape index (κ1) is 29.8. The van der Waals surface area contributed by atoms with Crippen LogP contribution in [0.3, 0.4) is 0 Å². The van der Waals surface area contributed by atoms with Crippen molar-refractivity contribution in [1.82, 2.24) is 14.8 Å². The van der Waals surface area contributed by atoms with Gasteiger partial charge in [-0.15, -0.1) is 0 Å². The van der Waals surface area contributed by atoms with E-state index in [1.54, 1.807) is 23.2 Å². The zero-order valence-electron chi connectivity index (χ0n) is 23.9. The Morgan fingerprint density at radius 2 is 1.83 bits per heavy atom. The molecule has 1 aromatic carbocycles. The average Bonchev–Trinajstić information content (AvgIpc) is 3.44. The number of hydrogen-bond donors (Lipinski definition) is 0. The molecule has 42 heavy (non-hydrogen) atoms. The third-order valence-electron chi connectivity index (χ3n) is 8.46. The number of carbonyl (C=O) groups excluding carboxylic acids is 3. The van der Waals surface area contributed by atoms with E-state index in [9.17, 15) is 18.8 Å². The summed E-state index contributed by atoms with van der Waals surface area (Å²) in [6.45, 7) is 6.09. The van der Waals surface area contributed by atoms with Crippen molar-refractivity contribution in [3.05, 3.63) is 82.8 Å². The molecule has 0 saturated carbocycles. The van der Waals surface area contributed by atoms with Crippen LogP contribution in [0.5, 0.6) is 0 Å². The van der Waals surface area contributed by atoms with Gasteiger partial charge in [-0.05, 0) is 74.7 Å². The van der Waals surface area contributed by atoms with E-state index in [1.807, 2.05) is 42.2 Å². The number of anilines is 1. The number of pyridine rings is 1. The van der Waals surface area contributed by atoms with Crippen LogP contribution in [-0.4, -0.2) is 77.4 Å². The van der Waals surface area contributed by atoms with Gasteiger partial charge in [0.15, 0.2) is 5.78 Å². The number of ether oxygens (including phenoxy) is 1. The number of amides is 2. The Kier molecular flexibility index (Phi) is 9.26. The fourth-order valence-electron chi connectivity index (χ4n) is 6.07. The van der Waals surface area contributed by atoms with Crippen LogP contribution in [-0.2, 0) is 9.53 Å². The Hall–Kier alpha value is -3.72. The Morgan fingerprint density at radius 1 is 1.10 bits per heavy atom. The maximum Gasteiger partial charge on any atom is 0.410 e. The van der Waals surface area contributed by atoms with Crippen LogP contribution < -0.4 is 4.90 Å². The molecule has 5 rings (SSSR count). The molecule has 0 spiro atoms. The van der Waals surface area contributed by atoms with Crippen molar-refractivity contribution in [2.24, 2.45) is 5.92 Å². The standard InChI is InChI=1S/C32H36ClFN4O4/c1-3-38(32(41)42-27-11-9-26(34)10-12-27)29-20-37(19-28(29)22-4-7-25(33)8-5-22)31(40)23-14-16-36(17-15-23)30-13-6-24(18-35-30)21(2)39/h4-11,13,18,23,27-29H,3,12,14-17,19-20H2,1-2H3/t27?,28-,29+/m0/s1. The molecule has 1 aromatic heterocycles. The molecule has 0 N–H and O–H groups in total. The van der Waals surface area contributed by atoms with E-state index in [-0.39, 0.29) is 41.8 Å². The lowest BCUT2D eigenvalue weighted by atomic mass is 9.93. The number of halogens is 2. The molecular formula is C32H36ClFN4O4. The van der Waals surface area contributed by atoms with Crippen LogP contribution in [0, 0.1) is 5.92 Å². The van der Waals surface area contributed by atoms with Gasteiger partial charge in [0.1, 0.15) is 17.7 Å². The van der Waals surface area contributed by atoms with E-state index in [4.69, 9.17) is 16.3 Å². The number of piperidine rings is 1. The number of nitrogens with zero attached hydrogens (tertiary/aromatic N) is 4. The molecule has 1 unspecified atom stereocenters. The van der Waals surface area contributed by atoms with Gasteiger partial charge in [0.2, 0.25) is 5.91 Å². The summed E-state index contributed by atoms with van der Waals surface area (Å²) < 4.78 is 19.1. The molecule has 222 valence electrons. The predicted molar refractivity (Wildman–Crippen MR) is 159 cm³/mol. The fraction of sp³-hybridized carbons (Fsp3) is 0.438. The van der Waals surface area contributed by atoms with Gasteiger partial charge in [-0.3, -0.25) is 9.59 Å². The topological polar surface area (TPSA) is 83.0 Å². The highest BCUT2D eigenvalue weighted by Gasteiger charge is 2.43. The highest BCUT2D eigenvalue weighted by Crippen LogP contribution is 2.35. The summed E-state index contributed by atoms with van der Waals surface area (Å²) in [4.78, 5) is 48.9. The van der Waals surface area contributed by atoms with Gasteiger partial charge in [-0.1, -0.05) is 23.7 Å². The number of allylic oxidation sites excluding steroid dienone is 2. The number of aromatic nitrogens is 1. The second-order valence-electron chi connectivity index (χ2n) is 11.1. The molecule has 2 saturated heterocycles. The first-order valence-corrected chi connectivity index (χ1v) is 14.9. The minimum atomic E-state index is -0.530. The summed E-state index contributed by atoms with van der Waals surface area (Å²) >= 11 is 6.16. The SMILES string of the molecule is CCN(C(=O)OC1C=CC(F)=CC1)[C@@H]1CN(C(=O)C2CCN(c3ccc(C(C)=O)cn3)CC2)C[C@H]1c1ccc(Cl)cc1. The Morgan fingerprint density at radius 3 is 2.43 bits per heavy atom. The smallest absolute Gasteiger partial charge is 0.410 e. The van der Waals surface area contributed by atoms with Gasteiger partial charge in [0, 0.05) is 67.8 Å². The second-order valence-corrected chi connectivity index (χ2v) is 11.5. The summed E-state index contributed by atoms with van der Waals surface area (Å²) in [6.07, 6.45) is 6.54. The Balaban J connectivity index is 1.27. The van der Waals surface area contributed by atoms with Crippen molar-refractivity contribution in [2.75, 3.05) is 37.6 Å². The largest absolute Gasteiger partial charge is 0.442 e. The molecule has 8 nitrogen and oxygen atoms in total. The molecule has 3 atom stereocenters. The molecule has 3 aliphatic rings. The molecule has 2 aliphatic heterocycles. The number of hydrogen-bond acceptors (Lipinski definition) is 6. The fourth-order valence-corrected chi connectivity index (χ4v) is 6.20. The van der Waals surface area contributed by atoms with Gasteiger partial charge >= 0.3 is 6.09 Å². The van der Waals surface area contributed by atoms with Crippen LogP contribution >= 0.6 is 11.6 Å². The molecular weight excluding hydrogens is 559 g/mol. The number of rotatable bonds is 7. The van der Waals surface area contributed by atoms with E-state index >= 15 is 0 Å². The normalized spacial score (nSPS) is 22.6. The van der Waals surface area contributed by atoms with Crippen molar-refractivity contribution in [3.63, 3.8) is 0 Å². The highest BCUT2D eigenvalue weighted by molar-refractivity contribution is 6.30. The van der Waals surface area contributed by atoms with Crippen LogP contribution in [0.4, 0.5) is 15.0 Å². The number of likely N-dealkylation sites (N-methyl/N-ethyl adjacent to an activating group) is 1. The Bertz CT molecular complexity index is 1360. The molecule has 2 amide bonds. The zero-order chi connectivity index (χ0) is 29.8. The molecule has 1 aliphatic carbocycles. The number of ketones is 1. The van der Waals surface area contributed by atoms with E-state index in [2.05, 4.69) is 9.88 Å². The number of likely N-dealkylation sites (tertiary alicyclic amines) is 1. The lowest BCUT2D eigenvalue weighted by Crippen LogP contribution is -2.46. The predicted octanol–water partition coefficient (Wildman–Crippen LogP) is 5.79. The molecule has 0 bridgehead atoms. The van der Waals surface area contributed by atoms with E-state index in [0.717, 1.165) is 11.4 Å². The number of benzene rings is 1. The van der Waals surface area contributed by atoms with E-state index in [1.165, 1.54) is 19.1 Å². The monoisotopic (exact) mass is 594 g/mol. The maximum atomic E-state index is 13.8. The number of carbonyl (C=O) groups is 3. The lowest BCUT2D eigenvalue weighted by Gasteiger charge is -2.34. The van der Waals surface area contributed by atoms with E-state index < -0.39 is 12.2 Å². The molecule has 10 heteroatoms. The van der Waals surface area contributed by atoms with Crippen molar-refractivity contribution < 1.29 is 23.5 Å². The van der Waals surface area contributed by atoms with Crippen molar-refractivity contribution in [1.29, 1.82) is 0 Å². The summed E-state index contributed by atoms with van der Waals surface area (Å²) in [5, 5.41) is 0.620. The first-order valence-electron chi connectivity index (χ1n) is 14.5. The van der Waals surface area contributed by atoms with Gasteiger partial charge in [-0.2, -0.15) is 0 Å². The van der Waals surface area contributed by atoms with Crippen LogP contribution in [0.2, 0.25) is 5.02 Å². The second kappa shape index (κ2) is 13.1. The summed E-state index contributed by atoms with van der Waals surface area (Å²) in [7, 11) is 0. The van der Waals surface area contributed by atoms with E-state index in [0.29, 0.717) is 56.2 Å². The van der Waals surface area contributed by atoms with Gasteiger partial charge in [0.25, 0.3) is 0 Å². The minimum absolute atomic E-state index is 0.0209. The third kappa shape index (κ3) is 6.67. The van der Waals surface area contributed by atoms with Gasteiger partial charge in [0.05, 0.1) is 6.04 Å².